The highest BCUT2D eigenvalue weighted by Gasteiger charge is 2.41. The van der Waals surface area contributed by atoms with Crippen molar-refractivity contribution in [2.75, 3.05) is 6.54 Å². The van der Waals surface area contributed by atoms with Gasteiger partial charge < -0.3 is 10.8 Å². The van der Waals surface area contributed by atoms with Gasteiger partial charge in [-0.15, -0.1) is 0 Å². The maximum Gasteiger partial charge on any atom is 0.0624 e. The Hall–Kier alpha value is -0.870. The van der Waals surface area contributed by atoms with Crippen LogP contribution in [0.2, 0.25) is 0 Å². The van der Waals surface area contributed by atoms with Gasteiger partial charge in [0.1, 0.15) is 0 Å². The molecule has 2 rings (SSSR count). The summed E-state index contributed by atoms with van der Waals surface area (Å²) in [5.41, 5.74) is 8.08. The Morgan fingerprint density at radius 1 is 1.65 bits per heavy atom. The molecule has 4 nitrogen and oxygen atoms in total. The lowest BCUT2D eigenvalue weighted by atomic mass is 9.79. The normalized spacial score (nSPS) is 28.8. The highest BCUT2D eigenvalue weighted by atomic mass is 16.3. The van der Waals surface area contributed by atoms with Gasteiger partial charge in [0.15, 0.2) is 0 Å². The first kappa shape index (κ1) is 12.6. The fourth-order valence-electron chi connectivity index (χ4n) is 2.91. The van der Waals surface area contributed by atoms with E-state index in [0.717, 1.165) is 37.8 Å². The van der Waals surface area contributed by atoms with E-state index in [-0.39, 0.29) is 11.5 Å². The van der Waals surface area contributed by atoms with Crippen molar-refractivity contribution in [1.82, 2.24) is 9.78 Å². The molecule has 1 aliphatic carbocycles. The summed E-state index contributed by atoms with van der Waals surface area (Å²) in [6.45, 7) is 2.66. The third-order valence-electron chi connectivity index (χ3n) is 4.19. The average molecular weight is 237 g/mol. The van der Waals surface area contributed by atoms with E-state index in [0.29, 0.717) is 6.54 Å². The second kappa shape index (κ2) is 4.78. The number of rotatable bonds is 4. The van der Waals surface area contributed by atoms with Crippen molar-refractivity contribution in [3.05, 3.63) is 17.5 Å². The van der Waals surface area contributed by atoms with Crippen LogP contribution in [-0.2, 0) is 19.9 Å². The van der Waals surface area contributed by atoms with Gasteiger partial charge in [0.25, 0.3) is 0 Å². The van der Waals surface area contributed by atoms with Crippen LogP contribution in [-0.4, -0.2) is 27.5 Å². The average Bonchev–Trinajstić information content (AvgIpc) is 2.85. The van der Waals surface area contributed by atoms with Crippen molar-refractivity contribution in [2.45, 2.75) is 45.1 Å². The fraction of sp³-hybridized carbons (Fsp3) is 0.769. The summed E-state index contributed by atoms with van der Waals surface area (Å²) in [5.74, 6) is 0. The number of aryl methyl sites for hydroxylation is 2. The van der Waals surface area contributed by atoms with Crippen molar-refractivity contribution in [1.29, 1.82) is 0 Å². The molecule has 1 saturated carbocycles. The molecule has 3 N–H and O–H groups in total. The van der Waals surface area contributed by atoms with Crippen LogP contribution < -0.4 is 5.73 Å². The fourth-order valence-corrected chi connectivity index (χ4v) is 2.91. The van der Waals surface area contributed by atoms with Gasteiger partial charge in [-0.25, -0.2) is 0 Å². The highest BCUT2D eigenvalue weighted by Crippen LogP contribution is 2.40. The summed E-state index contributed by atoms with van der Waals surface area (Å²) in [6.07, 6.45) is 4.52. The maximum atomic E-state index is 10.1. The van der Waals surface area contributed by atoms with Crippen molar-refractivity contribution in [2.24, 2.45) is 18.2 Å². The van der Waals surface area contributed by atoms with Crippen LogP contribution in [0.3, 0.4) is 0 Å². The van der Waals surface area contributed by atoms with Crippen LogP contribution in [0, 0.1) is 5.41 Å². The molecule has 4 heteroatoms. The molecule has 0 amide bonds. The van der Waals surface area contributed by atoms with Gasteiger partial charge >= 0.3 is 0 Å². The number of aromatic nitrogens is 2. The van der Waals surface area contributed by atoms with Crippen molar-refractivity contribution in [3.8, 4) is 0 Å². The molecule has 0 spiro atoms. The van der Waals surface area contributed by atoms with Crippen LogP contribution in [0.5, 0.6) is 0 Å². The second-order valence-corrected chi connectivity index (χ2v) is 5.26. The maximum absolute atomic E-state index is 10.1. The minimum Gasteiger partial charge on any atom is -0.392 e. The SMILES string of the molecule is CCc1cc(CC2(CN)CCCC2O)n(C)n1. The summed E-state index contributed by atoms with van der Waals surface area (Å²) in [5, 5.41) is 14.6. The highest BCUT2D eigenvalue weighted by molar-refractivity contribution is 5.14. The van der Waals surface area contributed by atoms with E-state index in [1.165, 1.54) is 5.69 Å². The first-order valence-corrected chi connectivity index (χ1v) is 6.51. The van der Waals surface area contributed by atoms with Crippen molar-refractivity contribution in [3.63, 3.8) is 0 Å². The summed E-state index contributed by atoms with van der Waals surface area (Å²) in [7, 11) is 1.97. The lowest BCUT2D eigenvalue weighted by Crippen LogP contribution is -2.40. The summed E-state index contributed by atoms with van der Waals surface area (Å²) in [6, 6.07) is 2.14. The van der Waals surface area contributed by atoms with Crippen LogP contribution in [0.15, 0.2) is 6.07 Å². The van der Waals surface area contributed by atoms with Crippen molar-refractivity contribution >= 4 is 0 Å². The van der Waals surface area contributed by atoms with E-state index in [1.54, 1.807) is 0 Å². The van der Waals surface area contributed by atoms with Crippen LogP contribution in [0.1, 0.15) is 37.6 Å². The molecule has 0 aliphatic heterocycles. The van der Waals surface area contributed by atoms with Gasteiger partial charge in [-0.3, -0.25) is 4.68 Å². The molecule has 0 bridgehead atoms. The minimum atomic E-state index is -0.257. The third kappa shape index (κ3) is 2.24. The topological polar surface area (TPSA) is 64.1 Å². The zero-order chi connectivity index (χ0) is 12.5. The monoisotopic (exact) mass is 237 g/mol. The van der Waals surface area contributed by atoms with Crippen LogP contribution in [0.4, 0.5) is 0 Å². The number of aliphatic hydroxyl groups excluding tert-OH is 1. The van der Waals surface area contributed by atoms with Crippen molar-refractivity contribution < 1.29 is 5.11 Å². The molecule has 1 aliphatic rings. The number of hydrogen-bond donors (Lipinski definition) is 2. The molecule has 1 heterocycles. The van der Waals surface area contributed by atoms with Gasteiger partial charge in [0.05, 0.1) is 11.8 Å². The van der Waals surface area contributed by atoms with E-state index >= 15 is 0 Å². The quantitative estimate of drug-likeness (QED) is 0.821. The van der Waals surface area contributed by atoms with E-state index in [9.17, 15) is 5.11 Å². The molecule has 1 fully saturated rings. The van der Waals surface area contributed by atoms with Gasteiger partial charge in [-0.05, 0) is 31.7 Å². The minimum absolute atomic E-state index is 0.126. The molecule has 0 saturated heterocycles. The predicted octanol–water partition coefficient (Wildman–Crippen LogP) is 1.01. The standard InChI is InChI=1S/C13H23N3O/c1-3-10-7-11(16(2)15-10)8-13(9-14)6-4-5-12(13)17/h7,12,17H,3-6,8-9,14H2,1-2H3. The Morgan fingerprint density at radius 3 is 2.88 bits per heavy atom. The Bertz CT molecular complexity index is 388. The molecule has 1 aromatic heterocycles. The predicted molar refractivity (Wildman–Crippen MR) is 67.6 cm³/mol. The molecule has 1 aromatic rings. The molecule has 0 radical (unpaired) electrons. The van der Waals surface area contributed by atoms with E-state index in [4.69, 9.17) is 5.73 Å². The van der Waals surface area contributed by atoms with Crippen LogP contribution in [0.25, 0.3) is 0 Å². The molecular weight excluding hydrogens is 214 g/mol. The van der Waals surface area contributed by atoms with E-state index < -0.39 is 0 Å². The Kier molecular flexibility index (Phi) is 3.54. The molecule has 2 unspecified atom stereocenters. The second-order valence-electron chi connectivity index (χ2n) is 5.26. The number of hydrogen-bond acceptors (Lipinski definition) is 3. The smallest absolute Gasteiger partial charge is 0.0624 e. The lowest BCUT2D eigenvalue weighted by Gasteiger charge is -2.31. The number of nitrogens with two attached hydrogens (primary N) is 1. The van der Waals surface area contributed by atoms with Gasteiger partial charge in [-0.2, -0.15) is 5.10 Å². The summed E-state index contributed by atoms with van der Waals surface area (Å²) >= 11 is 0. The molecule has 96 valence electrons. The zero-order valence-electron chi connectivity index (χ0n) is 10.8. The first-order chi connectivity index (χ1) is 8.11. The zero-order valence-corrected chi connectivity index (χ0v) is 10.8. The third-order valence-corrected chi connectivity index (χ3v) is 4.19. The molecule has 0 aromatic carbocycles. The number of aliphatic hydroxyl groups is 1. The largest absolute Gasteiger partial charge is 0.392 e. The van der Waals surface area contributed by atoms with Crippen LogP contribution >= 0.6 is 0 Å². The Labute approximate surface area is 103 Å². The molecular formula is C13H23N3O. The molecule has 17 heavy (non-hydrogen) atoms. The number of nitrogens with zero attached hydrogens (tertiary/aromatic N) is 2. The Balaban J connectivity index is 2.20. The lowest BCUT2D eigenvalue weighted by molar-refractivity contribution is 0.0575. The van der Waals surface area contributed by atoms with E-state index in [2.05, 4.69) is 18.1 Å². The first-order valence-electron chi connectivity index (χ1n) is 6.51. The summed E-state index contributed by atoms with van der Waals surface area (Å²) < 4.78 is 1.93. The summed E-state index contributed by atoms with van der Waals surface area (Å²) in [4.78, 5) is 0. The van der Waals surface area contributed by atoms with Gasteiger partial charge in [0, 0.05) is 24.7 Å². The molecule has 2 atom stereocenters. The van der Waals surface area contributed by atoms with Gasteiger partial charge in [-0.1, -0.05) is 13.3 Å². The Morgan fingerprint density at radius 2 is 2.41 bits per heavy atom. The van der Waals surface area contributed by atoms with E-state index in [1.807, 2.05) is 11.7 Å². The van der Waals surface area contributed by atoms with Gasteiger partial charge in [0.2, 0.25) is 0 Å².